The zero-order valence-electron chi connectivity index (χ0n) is 18.4. The van der Waals surface area contributed by atoms with Crippen molar-refractivity contribution in [2.24, 2.45) is 0 Å². The molecule has 0 saturated carbocycles. The summed E-state index contributed by atoms with van der Waals surface area (Å²) in [5.74, 6) is 0.483. The molecule has 0 radical (unpaired) electrons. The van der Waals surface area contributed by atoms with Gasteiger partial charge in [0.05, 0.1) is 4.90 Å². The van der Waals surface area contributed by atoms with Gasteiger partial charge in [0.2, 0.25) is 21.8 Å². The molecule has 2 aromatic rings. The van der Waals surface area contributed by atoms with E-state index in [2.05, 4.69) is 10.3 Å². The van der Waals surface area contributed by atoms with Crippen molar-refractivity contribution in [1.82, 2.24) is 19.5 Å². The molecule has 172 valence electrons. The predicted octanol–water partition coefficient (Wildman–Crippen LogP) is 1.08. The summed E-state index contributed by atoms with van der Waals surface area (Å²) < 4.78 is 26.8. The molecule has 32 heavy (non-hydrogen) atoms. The topological polar surface area (TPSA) is 103 Å². The van der Waals surface area contributed by atoms with Gasteiger partial charge in [-0.2, -0.15) is 4.31 Å². The van der Waals surface area contributed by atoms with Crippen molar-refractivity contribution in [2.75, 3.05) is 45.2 Å². The highest BCUT2D eigenvalue weighted by Crippen LogP contribution is 2.17. The highest BCUT2D eigenvalue weighted by molar-refractivity contribution is 7.89. The summed E-state index contributed by atoms with van der Waals surface area (Å²) in [7, 11) is 0.257. The van der Waals surface area contributed by atoms with Gasteiger partial charge in [-0.25, -0.2) is 13.4 Å². The SMILES string of the molecule is CN(C)c1ccc(CNC(=O)CCC(=O)N2CCN(S(=O)(=O)c3ccccc3)CC2)cn1. The van der Waals surface area contributed by atoms with E-state index in [1.165, 1.54) is 4.31 Å². The number of anilines is 1. The monoisotopic (exact) mass is 459 g/mol. The molecule has 0 atom stereocenters. The largest absolute Gasteiger partial charge is 0.363 e. The second kappa shape index (κ2) is 10.6. The van der Waals surface area contributed by atoms with Crippen LogP contribution in [0.4, 0.5) is 5.82 Å². The number of nitrogens with one attached hydrogen (secondary N) is 1. The third-order valence-electron chi connectivity index (χ3n) is 5.30. The average Bonchev–Trinajstić information content (AvgIpc) is 2.82. The lowest BCUT2D eigenvalue weighted by Crippen LogP contribution is -2.50. The van der Waals surface area contributed by atoms with Crippen molar-refractivity contribution in [2.45, 2.75) is 24.3 Å². The van der Waals surface area contributed by atoms with Gasteiger partial charge in [0.15, 0.2) is 0 Å². The van der Waals surface area contributed by atoms with Crippen LogP contribution in [0.3, 0.4) is 0 Å². The van der Waals surface area contributed by atoms with Crippen LogP contribution in [0.1, 0.15) is 18.4 Å². The highest BCUT2D eigenvalue weighted by Gasteiger charge is 2.29. The molecule has 1 saturated heterocycles. The minimum Gasteiger partial charge on any atom is -0.363 e. The number of hydrogen-bond donors (Lipinski definition) is 1. The van der Waals surface area contributed by atoms with Gasteiger partial charge in [0.25, 0.3) is 0 Å². The Morgan fingerprint density at radius 1 is 1.00 bits per heavy atom. The molecule has 1 fully saturated rings. The van der Waals surface area contributed by atoms with Gasteiger partial charge < -0.3 is 15.1 Å². The summed E-state index contributed by atoms with van der Waals surface area (Å²) in [4.78, 5) is 32.7. The summed E-state index contributed by atoms with van der Waals surface area (Å²) in [6, 6.07) is 12.1. The van der Waals surface area contributed by atoms with Crippen LogP contribution in [-0.4, -0.2) is 74.7 Å². The van der Waals surface area contributed by atoms with E-state index in [1.807, 2.05) is 31.1 Å². The van der Waals surface area contributed by atoms with E-state index in [0.717, 1.165) is 11.4 Å². The fourth-order valence-electron chi connectivity index (χ4n) is 3.37. The summed E-state index contributed by atoms with van der Waals surface area (Å²) in [5.41, 5.74) is 0.881. The number of aromatic nitrogens is 1. The third-order valence-corrected chi connectivity index (χ3v) is 7.21. The van der Waals surface area contributed by atoms with E-state index >= 15 is 0 Å². The first-order valence-corrected chi connectivity index (χ1v) is 11.9. The second-order valence-corrected chi connectivity index (χ2v) is 9.73. The number of carbonyl (C=O) groups is 2. The number of nitrogens with zero attached hydrogens (tertiary/aromatic N) is 4. The van der Waals surface area contributed by atoms with Gasteiger partial charge in [0.1, 0.15) is 5.82 Å². The maximum Gasteiger partial charge on any atom is 0.243 e. The van der Waals surface area contributed by atoms with Gasteiger partial charge in [-0.1, -0.05) is 24.3 Å². The lowest BCUT2D eigenvalue weighted by atomic mass is 10.2. The lowest BCUT2D eigenvalue weighted by Gasteiger charge is -2.34. The van der Waals surface area contributed by atoms with Gasteiger partial charge in [-0.05, 0) is 23.8 Å². The first-order chi connectivity index (χ1) is 15.3. The Kier molecular flexibility index (Phi) is 7.81. The Balaban J connectivity index is 1.40. The van der Waals surface area contributed by atoms with Gasteiger partial charge in [-0.3, -0.25) is 9.59 Å². The van der Waals surface area contributed by atoms with E-state index in [0.29, 0.717) is 19.6 Å². The standard InChI is InChI=1S/C22H29N5O4S/c1-25(2)20-9-8-18(16-23-20)17-24-21(28)10-11-22(29)26-12-14-27(15-13-26)32(30,31)19-6-4-3-5-7-19/h3-9,16H,10-15,17H2,1-2H3,(H,24,28). The van der Waals surface area contributed by atoms with Crippen LogP contribution in [0.2, 0.25) is 0 Å². The first-order valence-electron chi connectivity index (χ1n) is 10.5. The summed E-state index contributed by atoms with van der Waals surface area (Å²) in [5, 5.41) is 2.80. The van der Waals surface area contributed by atoms with E-state index in [9.17, 15) is 18.0 Å². The molecule has 0 bridgehead atoms. The molecule has 1 aromatic heterocycles. The summed E-state index contributed by atoms with van der Waals surface area (Å²) >= 11 is 0. The molecule has 9 nitrogen and oxygen atoms in total. The number of pyridine rings is 1. The average molecular weight is 460 g/mol. The van der Waals surface area contributed by atoms with Crippen molar-refractivity contribution in [3.63, 3.8) is 0 Å². The van der Waals surface area contributed by atoms with Crippen LogP contribution in [-0.2, 0) is 26.2 Å². The van der Waals surface area contributed by atoms with Crippen molar-refractivity contribution in [1.29, 1.82) is 0 Å². The molecule has 1 N–H and O–H groups in total. The van der Waals surface area contributed by atoms with Gasteiger partial charge in [-0.15, -0.1) is 0 Å². The smallest absolute Gasteiger partial charge is 0.243 e. The molecule has 3 rings (SSSR count). The highest BCUT2D eigenvalue weighted by atomic mass is 32.2. The van der Waals surface area contributed by atoms with Crippen LogP contribution in [0.25, 0.3) is 0 Å². The second-order valence-electron chi connectivity index (χ2n) is 7.79. The van der Waals surface area contributed by atoms with Crippen LogP contribution < -0.4 is 10.2 Å². The molecule has 1 aromatic carbocycles. The van der Waals surface area contributed by atoms with Crippen LogP contribution >= 0.6 is 0 Å². The van der Waals surface area contributed by atoms with Gasteiger partial charge >= 0.3 is 0 Å². The van der Waals surface area contributed by atoms with Crippen molar-refractivity contribution < 1.29 is 18.0 Å². The summed E-state index contributed by atoms with van der Waals surface area (Å²) in [6.07, 6.45) is 1.89. The number of rotatable bonds is 8. The zero-order valence-corrected chi connectivity index (χ0v) is 19.2. The molecule has 1 aliphatic heterocycles. The third kappa shape index (κ3) is 6.04. The Morgan fingerprint density at radius 2 is 1.69 bits per heavy atom. The van der Waals surface area contributed by atoms with E-state index < -0.39 is 10.0 Å². The molecule has 2 heterocycles. The van der Waals surface area contributed by atoms with E-state index in [-0.39, 0.29) is 42.6 Å². The van der Waals surface area contributed by atoms with E-state index in [1.54, 1.807) is 41.4 Å². The minimum atomic E-state index is -3.55. The fourth-order valence-corrected chi connectivity index (χ4v) is 4.82. The number of hydrogen-bond acceptors (Lipinski definition) is 6. The molecule has 1 aliphatic rings. The predicted molar refractivity (Wildman–Crippen MR) is 121 cm³/mol. The van der Waals surface area contributed by atoms with Crippen LogP contribution in [0.5, 0.6) is 0 Å². The van der Waals surface area contributed by atoms with Gasteiger partial charge in [0, 0.05) is 65.9 Å². The first kappa shape index (κ1) is 23.7. The quantitative estimate of drug-likeness (QED) is 0.634. The lowest BCUT2D eigenvalue weighted by molar-refractivity contribution is -0.134. The maximum atomic E-state index is 12.7. The van der Waals surface area contributed by atoms with Crippen molar-refractivity contribution in [3.8, 4) is 0 Å². The maximum absolute atomic E-state index is 12.7. The normalized spacial score (nSPS) is 14.8. The number of benzene rings is 1. The Labute approximate surface area is 189 Å². The number of sulfonamides is 1. The van der Waals surface area contributed by atoms with Crippen molar-refractivity contribution in [3.05, 3.63) is 54.2 Å². The van der Waals surface area contributed by atoms with Crippen molar-refractivity contribution >= 4 is 27.7 Å². The molecular formula is C22H29N5O4S. The van der Waals surface area contributed by atoms with Crippen LogP contribution in [0, 0.1) is 0 Å². The molecule has 0 unspecified atom stereocenters. The summed E-state index contributed by atoms with van der Waals surface area (Å²) in [6.45, 7) is 1.47. The minimum absolute atomic E-state index is 0.0879. The molecule has 10 heteroatoms. The Morgan fingerprint density at radius 3 is 2.28 bits per heavy atom. The molecular weight excluding hydrogens is 430 g/mol. The fraction of sp³-hybridized carbons (Fsp3) is 0.409. The molecule has 0 spiro atoms. The van der Waals surface area contributed by atoms with E-state index in [4.69, 9.17) is 0 Å². The number of amides is 2. The molecule has 0 aliphatic carbocycles. The number of carbonyl (C=O) groups excluding carboxylic acids is 2. The zero-order chi connectivity index (χ0) is 23.1. The molecule has 2 amide bonds. The van der Waals surface area contributed by atoms with Crippen LogP contribution in [0.15, 0.2) is 53.6 Å². The Bertz CT molecular complexity index is 1020. The number of piperazine rings is 1. The Hall–Kier alpha value is -2.98.